The van der Waals surface area contributed by atoms with Gasteiger partial charge in [0.25, 0.3) is 0 Å². The number of allylic oxidation sites excluding steroid dienone is 2. The SMILES string of the molecule is C[C@H]1[C@H](C)CC[C@]2(C(=O)O[C@@H]3O[C@H](CO[C@@H]4O[C@H](CO)[C@@H](O)[C@H](O)[C@H]4O)[C@@H](O)[C@H](O)[C@H]3O)CC[C@]3(C)C(=CC[C@@H]4[C@@]5(C)CC[C@H](O[C@@H]6OC[C@H](O)[C@H](O)[C@H]6O[C@@H]6O[C@@H](C)[C@H](O)[C@@H](O)[C@H]6O)C(C)(C)[C@@H]5CC[C@]43C)[C@H]12. The highest BCUT2D eigenvalue weighted by Gasteiger charge is 2.70. The topological polar surface area (TPSA) is 334 Å². The predicted octanol–water partition coefficient (Wildman–Crippen LogP) is -0.513. The predicted molar refractivity (Wildman–Crippen MR) is 255 cm³/mol. The molecule has 5 aliphatic carbocycles. The molecule has 12 N–H and O–H groups in total. The van der Waals surface area contributed by atoms with Gasteiger partial charge in [0, 0.05) is 0 Å². The molecule has 74 heavy (non-hydrogen) atoms. The molecule has 0 spiro atoms. The molecular weight excluding hydrogens is 973 g/mol. The molecule has 0 amide bonds. The summed E-state index contributed by atoms with van der Waals surface area (Å²) >= 11 is 0. The molecule has 0 unspecified atom stereocenters. The van der Waals surface area contributed by atoms with E-state index in [1.807, 2.05) is 0 Å². The first-order chi connectivity index (χ1) is 34.7. The summed E-state index contributed by atoms with van der Waals surface area (Å²) in [7, 11) is 0. The highest BCUT2D eigenvalue weighted by Crippen LogP contribution is 2.76. The number of ether oxygens (including phenoxy) is 8. The van der Waals surface area contributed by atoms with Gasteiger partial charge in [-0.05, 0) is 116 Å². The van der Waals surface area contributed by atoms with Gasteiger partial charge in [0.2, 0.25) is 6.29 Å². The summed E-state index contributed by atoms with van der Waals surface area (Å²) in [5.41, 5.74) is -0.773. The standard InChI is InChI=1S/C53H86O21/c1-22-11-16-53(48(66)74-46-42(65)39(62)36(59)28(71-46)21-68-44-40(63)38(61)35(58)27(19-54)70-44)18-17-51(7)25(32(53)23(22)2)9-10-30-50(6)14-13-31(49(4,5)29(50)12-15-52(30,51)8)72-47-43(34(57)26(55)20-67-47)73-45-41(64)37(60)33(56)24(3)69-45/h9,22-24,26-47,54-65H,10-21H2,1-8H3/t22-,23+,24+,26+,27-,28-,29+,30-,31+,32+,33+,34+,35-,36-,37-,38+,39+,40-,41-,42-,43-,44-,45+,46+,47+,50+,51-,52-,53+/m1/s1. The summed E-state index contributed by atoms with van der Waals surface area (Å²) in [6.45, 7) is 16.2. The van der Waals surface area contributed by atoms with Crippen molar-refractivity contribution in [2.45, 2.75) is 236 Å². The van der Waals surface area contributed by atoms with E-state index in [2.05, 4.69) is 54.5 Å². The molecular formula is C53H86O21. The Balaban J connectivity index is 0.923. The minimum absolute atomic E-state index is 0.0764. The van der Waals surface area contributed by atoms with Gasteiger partial charge >= 0.3 is 5.97 Å². The molecule has 0 aromatic heterocycles. The monoisotopic (exact) mass is 1060 g/mol. The number of aliphatic hydroxyl groups excluding tert-OH is 12. The van der Waals surface area contributed by atoms with Gasteiger partial charge in [-0.1, -0.05) is 60.1 Å². The summed E-state index contributed by atoms with van der Waals surface area (Å²) in [6, 6.07) is 0. The fraction of sp³-hybridized carbons (Fsp3) is 0.943. The first kappa shape index (κ1) is 57.1. The van der Waals surface area contributed by atoms with Gasteiger partial charge in [-0.3, -0.25) is 4.79 Å². The van der Waals surface area contributed by atoms with Crippen LogP contribution in [0.3, 0.4) is 0 Å². The minimum Gasteiger partial charge on any atom is -0.432 e. The van der Waals surface area contributed by atoms with Crippen molar-refractivity contribution in [3.05, 3.63) is 11.6 Å². The maximum absolute atomic E-state index is 15.1. The van der Waals surface area contributed by atoms with Crippen LogP contribution >= 0.6 is 0 Å². The van der Waals surface area contributed by atoms with E-state index in [-0.39, 0.29) is 58.5 Å². The van der Waals surface area contributed by atoms with Crippen LogP contribution in [0.2, 0.25) is 0 Å². The fourth-order valence-corrected chi connectivity index (χ4v) is 16.3. The molecule has 424 valence electrons. The zero-order valence-corrected chi connectivity index (χ0v) is 44.0. The minimum atomic E-state index is -1.82. The Kier molecular flexibility index (Phi) is 16.1. The van der Waals surface area contributed by atoms with Gasteiger partial charge in [-0.15, -0.1) is 0 Å². The number of aliphatic hydroxyl groups is 12. The molecule has 29 atom stereocenters. The summed E-state index contributed by atoms with van der Waals surface area (Å²) in [6.07, 6.45) is -19.8. The zero-order chi connectivity index (χ0) is 53.9. The number of fused-ring (bicyclic) bond motifs is 7. The van der Waals surface area contributed by atoms with Gasteiger partial charge in [-0.2, -0.15) is 0 Å². The number of hydrogen-bond donors (Lipinski definition) is 12. The van der Waals surface area contributed by atoms with E-state index in [1.54, 1.807) is 0 Å². The summed E-state index contributed by atoms with van der Waals surface area (Å²) < 4.78 is 47.8. The van der Waals surface area contributed by atoms with Crippen LogP contribution in [-0.2, 0) is 42.7 Å². The molecule has 4 saturated carbocycles. The Bertz CT molecular complexity index is 2030. The number of carbonyl (C=O) groups is 1. The van der Waals surface area contributed by atoms with Gasteiger partial charge in [0.05, 0.1) is 37.4 Å². The number of rotatable bonds is 10. The van der Waals surface area contributed by atoms with Crippen molar-refractivity contribution in [2.75, 3.05) is 19.8 Å². The average molecular weight is 1060 g/mol. The lowest BCUT2D eigenvalue weighted by Gasteiger charge is -2.71. The van der Waals surface area contributed by atoms with Gasteiger partial charge in [0.1, 0.15) is 85.5 Å². The number of carbonyl (C=O) groups excluding carboxylic acids is 1. The molecule has 4 heterocycles. The molecule has 0 bridgehead atoms. The van der Waals surface area contributed by atoms with E-state index in [0.29, 0.717) is 25.7 Å². The van der Waals surface area contributed by atoms with Crippen LogP contribution in [-0.4, -0.2) is 210 Å². The highest BCUT2D eigenvalue weighted by atomic mass is 16.8. The molecule has 9 aliphatic rings. The Morgan fingerprint density at radius 2 is 1.27 bits per heavy atom. The van der Waals surface area contributed by atoms with Crippen molar-refractivity contribution in [1.29, 1.82) is 0 Å². The van der Waals surface area contributed by atoms with E-state index in [4.69, 9.17) is 37.9 Å². The molecule has 0 radical (unpaired) electrons. The molecule has 21 nitrogen and oxygen atoms in total. The first-order valence-corrected chi connectivity index (χ1v) is 27.2. The molecule has 9 rings (SSSR count). The van der Waals surface area contributed by atoms with Crippen LogP contribution in [0.25, 0.3) is 0 Å². The smallest absolute Gasteiger partial charge is 0.315 e. The number of esters is 1. The van der Waals surface area contributed by atoms with Gasteiger partial charge < -0.3 is 99.2 Å². The summed E-state index contributed by atoms with van der Waals surface area (Å²) in [5.74, 6) is 0.0396. The molecule has 0 aromatic rings. The second kappa shape index (κ2) is 20.8. The Morgan fingerprint density at radius 3 is 1.96 bits per heavy atom. The lowest BCUT2D eigenvalue weighted by Crippen LogP contribution is -2.66. The van der Waals surface area contributed by atoms with Gasteiger partial charge in [-0.25, -0.2) is 0 Å². The van der Waals surface area contributed by atoms with Crippen molar-refractivity contribution in [3.63, 3.8) is 0 Å². The lowest BCUT2D eigenvalue weighted by molar-refractivity contribution is -0.364. The number of hydrogen-bond acceptors (Lipinski definition) is 21. The third-order valence-corrected chi connectivity index (χ3v) is 21.3. The molecule has 8 fully saturated rings. The normalized spacial score (nSPS) is 55.4. The fourth-order valence-electron chi connectivity index (χ4n) is 16.3. The van der Waals surface area contributed by atoms with Crippen LogP contribution in [0, 0.1) is 56.7 Å². The second-order valence-corrected chi connectivity index (χ2v) is 25.3. The van der Waals surface area contributed by atoms with Crippen LogP contribution in [0.15, 0.2) is 11.6 Å². The van der Waals surface area contributed by atoms with Crippen molar-refractivity contribution in [1.82, 2.24) is 0 Å². The second-order valence-electron chi connectivity index (χ2n) is 25.3. The van der Waals surface area contributed by atoms with Crippen molar-refractivity contribution < 1.29 is 104 Å². The maximum atomic E-state index is 15.1. The quantitative estimate of drug-likeness (QED) is 0.0745. The first-order valence-electron chi connectivity index (χ1n) is 27.2. The van der Waals surface area contributed by atoms with Crippen LogP contribution in [0.5, 0.6) is 0 Å². The van der Waals surface area contributed by atoms with Crippen molar-refractivity contribution >= 4 is 5.97 Å². The lowest BCUT2D eigenvalue weighted by atomic mass is 9.33. The zero-order valence-electron chi connectivity index (χ0n) is 44.0. The van der Waals surface area contributed by atoms with E-state index in [0.717, 1.165) is 32.1 Å². The summed E-state index contributed by atoms with van der Waals surface area (Å²) in [5, 5.41) is 127. The van der Waals surface area contributed by atoms with E-state index in [1.165, 1.54) is 12.5 Å². The summed E-state index contributed by atoms with van der Waals surface area (Å²) in [4.78, 5) is 15.1. The van der Waals surface area contributed by atoms with Crippen molar-refractivity contribution in [3.8, 4) is 0 Å². The Hall–Kier alpha value is -1.55. The third kappa shape index (κ3) is 9.08. The van der Waals surface area contributed by atoms with Crippen LogP contribution < -0.4 is 0 Å². The van der Waals surface area contributed by atoms with Crippen LogP contribution in [0.1, 0.15) is 113 Å². The van der Waals surface area contributed by atoms with E-state index < -0.39 is 147 Å². The molecule has 4 saturated heterocycles. The molecule has 0 aromatic carbocycles. The highest BCUT2D eigenvalue weighted by molar-refractivity contribution is 5.79. The van der Waals surface area contributed by atoms with Crippen LogP contribution in [0.4, 0.5) is 0 Å². The Morgan fingerprint density at radius 1 is 0.635 bits per heavy atom. The van der Waals surface area contributed by atoms with E-state index in [9.17, 15) is 61.3 Å². The van der Waals surface area contributed by atoms with Gasteiger partial charge in [0.15, 0.2) is 18.9 Å². The molecule has 4 aliphatic heterocycles. The van der Waals surface area contributed by atoms with Crippen molar-refractivity contribution in [2.24, 2.45) is 56.7 Å². The third-order valence-electron chi connectivity index (χ3n) is 21.3. The molecule has 21 heteroatoms. The maximum Gasteiger partial charge on any atom is 0.315 e. The Labute approximate surface area is 433 Å². The largest absolute Gasteiger partial charge is 0.432 e. The average Bonchev–Trinajstić information content (AvgIpc) is 3.36. The van der Waals surface area contributed by atoms with E-state index >= 15 is 4.79 Å².